The van der Waals surface area contributed by atoms with Gasteiger partial charge in [0.05, 0.1) is 0 Å². The van der Waals surface area contributed by atoms with Crippen LogP contribution < -0.4 is 10.6 Å². The zero-order chi connectivity index (χ0) is 21.2. The number of hydrogen-bond donors (Lipinski definition) is 0. The highest BCUT2D eigenvalue weighted by atomic mass is 31.1. The quantitative estimate of drug-likeness (QED) is 0.429. The maximum Gasteiger partial charge on any atom is -0.00945 e. The highest BCUT2D eigenvalue weighted by Crippen LogP contribution is 2.67. The fraction of sp³-hybridized carbons (Fsp3) is 0.556. The predicted molar refractivity (Wildman–Crippen MR) is 136 cm³/mol. The summed E-state index contributed by atoms with van der Waals surface area (Å²) in [5, 5.41) is 3.91. The summed E-state index contributed by atoms with van der Waals surface area (Å²) in [5.41, 5.74) is 1.61. The first-order chi connectivity index (χ1) is 13.6. The first-order valence-electron chi connectivity index (χ1n) is 11.3. The van der Waals surface area contributed by atoms with Gasteiger partial charge in [0.25, 0.3) is 0 Å². The molecule has 0 aromatic heterocycles. The van der Waals surface area contributed by atoms with E-state index in [1.807, 2.05) is 0 Å². The lowest BCUT2D eigenvalue weighted by Crippen LogP contribution is -2.37. The molecule has 0 radical (unpaired) electrons. The van der Waals surface area contributed by atoms with Crippen LogP contribution in [0, 0.1) is 5.92 Å². The molecule has 0 bridgehead atoms. The fourth-order valence-electron chi connectivity index (χ4n) is 5.98. The van der Waals surface area contributed by atoms with E-state index in [2.05, 4.69) is 109 Å². The van der Waals surface area contributed by atoms with Gasteiger partial charge >= 0.3 is 0 Å². The Labute approximate surface area is 182 Å². The van der Waals surface area contributed by atoms with Gasteiger partial charge in [0, 0.05) is 0 Å². The molecule has 0 aliphatic heterocycles. The fourth-order valence-corrected chi connectivity index (χ4v) is 14.6. The van der Waals surface area contributed by atoms with Crippen molar-refractivity contribution in [1.82, 2.24) is 0 Å². The summed E-state index contributed by atoms with van der Waals surface area (Å²) in [6.07, 6.45) is 4.20. The molecule has 0 N–H and O–H groups in total. The monoisotopic (exact) mass is 426 g/mol. The van der Waals surface area contributed by atoms with Crippen LogP contribution in [-0.4, -0.2) is 21.6 Å². The topological polar surface area (TPSA) is 0 Å². The van der Waals surface area contributed by atoms with Gasteiger partial charge in [-0.05, 0) is 58.9 Å². The summed E-state index contributed by atoms with van der Waals surface area (Å²) >= 11 is 0. The molecule has 2 heteroatoms. The first-order valence-corrected chi connectivity index (χ1v) is 14.1. The SMILES string of the molecule is CC(C1CCC[C@@H]1P(c1ccccc1)c1ccccc1)P(C(C)(C)C)C(C)(C)C. The van der Waals surface area contributed by atoms with Gasteiger partial charge in [0.2, 0.25) is 0 Å². The molecule has 1 fully saturated rings. The average molecular weight is 427 g/mol. The van der Waals surface area contributed by atoms with Gasteiger partial charge in [-0.3, -0.25) is 0 Å². The third kappa shape index (κ3) is 5.32. The van der Waals surface area contributed by atoms with E-state index in [0.717, 1.165) is 17.2 Å². The molecule has 1 aliphatic carbocycles. The highest BCUT2D eigenvalue weighted by Gasteiger charge is 2.46. The van der Waals surface area contributed by atoms with Crippen LogP contribution in [0.1, 0.15) is 67.7 Å². The summed E-state index contributed by atoms with van der Waals surface area (Å²) in [4.78, 5) is 0. The molecule has 0 spiro atoms. The second-order valence-electron chi connectivity index (χ2n) is 10.7. The van der Waals surface area contributed by atoms with Crippen molar-refractivity contribution in [1.29, 1.82) is 0 Å². The van der Waals surface area contributed by atoms with E-state index >= 15 is 0 Å². The summed E-state index contributed by atoms with van der Waals surface area (Å²) in [6, 6.07) is 22.8. The van der Waals surface area contributed by atoms with Crippen LogP contribution >= 0.6 is 15.8 Å². The van der Waals surface area contributed by atoms with Gasteiger partial charge in [-0.2, -0.15) is 0 Å². The smallest absolute Gasteiger partial charge is 0.00945 e. The van der Waals surface area contributed by atoms with E-state index in [1.54, 1.807) is 10.6 Å². The van der Waals surface area contributed by atoms with Crippen molar-refractivity contribution < 1.29 is 0 Å². The molecule has 2 aromatic carbocycles. The Hall–Kier alpha value is -0.700. The van der Waals surface area contributed by atoms with Crippen LogP contribution in [0.5, 0.6) is 0 Å². The van der Waals surface area contributed by atoms with Crippen LogP contribution in [0.25, 0.3) is 0 Å². The van der Waals surface area contributed by atoms with Crippen LogP contribution in [-0.2, 0) is 0 Å². The van der Waals surface area contributed by atoms with Crippen molar-refractivity contribution in [2.75, 3.05) is 0 Å². The normalized spacial score (nSPS) is 21.7. The third-order valence-electron chi connectivity index (χ3n) is 6.40. The Morgan fingerprint density at radius 2 is 1.17 bits per heavy atom. The Kier molecular flexibility index (Phi) is 7.29. The van der Waals surface area contributed by atoms with E-state index in [0.29, 0.717) is 10.3 Å². The van der Waals surface area contributed by atoms with E-state index in [-0.39, 0.29) is 15.8 Å². The lowest BCUT2D eigenvalue weighted by molar-refractivity contribution is 0.527. The number of rotatable bonds is 5. The minimum Gasteiger partial charge on any atom is -0.0924 e. The van der Waals surface area contributed by atoms with Crippen molar-refractivity contribution >= 4 is 26.5 Å². The van der Waals surface area contributed by atoms with E-state index in [1.165, 1.54) is 19.3 Å². The molecule has 3 atom stereocenters. The molecular formula is C27H40P2. The molecule has 0 amide bonds. The summed E-state index contributed by atoms with van der Waals surface area (Å²) < 4.78 is 0. The second kappa shape index (κ2) is 9.20. The van der Waals surface area contributed by atoms with Crippen molar-refractivity contribution in [3.8, 4) is 0 Å². The maximum absolute atomic E-state index is 2.61. The van der Waals surface area contributed by atoms with Gasteiger partial charge in [-0.1, -0.05) is 123 Å². The molecule has 1 aliphatic rings. The highest BCUT2D eigenvalue weighted by molar-refractivity contribution is 7.73. The zero-order valence-corrected chi connectivity index (χ0v) is 21.3. The first kappa shape index (κ1) is 23.0. The third-order valence-corrected chi connectivity index (χ3v) is 13.5. The standard InChI is InChI=1S/C27H40P2/c1-21(29(26(2,3)4)27(5,6)7)24-19-14-20-25(24)28(22-15-10-8-11-16-22)23-17-12-9-13-18-23/h8-13,15-18,21,24-25H,14,19-20H2,1-7H3/t21?,24?,25-/m0/s1. The maximum atomic E-state index is 2.61. The van der Waals surface area contributed by atoms with Crippen LogP contribution in [0.15, 0.2) is 60.7 Å². The van der Waals surface area contributed by atoms with E-state index in [9.17, 15) is 0 Å². The average Bonchev–Trinajstić information content (AvgIpc) is 3.11. The van der Waals surface area contributed by atoms with Gasteiger partial charge in [0.1, 0.15) is 0 Å². The summed E-state index contributed by atoms with van der Waals surface area (Å²) in [5.74, 6) is 0.839. The molecule has 2 unspecified atom stereocenters. The molecule has 2 aromatic rings. The molecule has 3 rings (SSSR count). The van der Waals surface area contributed by atoms with Crippen molar-refractivity contribution in [2.24, 2.45) is 5.92 Å². The lowest BCUT2D eigenvalue weighted by atomic mass is 10.0. The summed E-state index contributed by atoms with van der Waals surface area (Å²) in [6.45, 7) is 17.5. The minimum absolute atomic E-state index is 0.0938. The second-order valence-corrected chi connectivity index (χ2v) is 17.3. The Balaban J connectivity index is 2.00. The summed E-state index contributed by atoms with van der Waals surface area (Å²) in [7, 11) is -0.404. The molecule has 29 heavy (non-hydrogen) atoms. The van der Waals surface area contributed by atoms with Crippen LogP contribution in [0.4, 0.5) is 0 Å². The molecule has 0 saturated heterocycles. The Morgan fingerprint density at radius 3 is 1.59 bits per heavy atom. The largest absolute Gasteiger partial charge is 0.0924 e. The minimum atomic E-state index is -0.310. The molecule has 0 heterocycles. The van der Waals surface area contributed by atoms with Crippen molar-refractivity contribution in [3.05, 3.63) is 60.7 Å². The van der Waals surface area contributed by atoms with Gasteiger partial charge < -0.3 is 0 Å². The zero-order valence-electron chi connectivity index (χ0n) is 19.5. The van der Waals surface area contributed by atoms with Gasteiger partial charge in [0.15, 0.2) is 0 Å². The number of hydrogen-bond acceptors (Lipinski definition) is 0. The Morgan fingerprint density at radius 1 is 0.724 bits per heavy atom. The van der Waals surface area contributed by atoms with Crippen LogP contribution in [0.2, 0.25) is 0 Å². The van der Waals surface area contributed by atoms with E-state index in [4.69, 9.17) is 0 Å². The van der Waals surface area contributed by atoms with Gasteiger partial charge in [-0.25, -0.2) is 0 Å². The lowest BCUT2D eigenvalue weighted by Gasteiger charge is -2.49. The number of benzene rings is 2. The molecular weight excluding hydrogens is 386 g/mol. The van der Waals surface area contributed by atoms with Crippen molar-refractivity contribution in [2.45, 2.75) is 89.4 Å². The molecule has 158 valence electrons. The van der Waals surface area contributed by atoms with Gasteiger partial charge in [-0.15, -0.1) is 0 Å². The van der Waals surface area contributed by atoms with Crippen molar-refractivity contribution in [3.63, 3.8) is 0 Å². The van der Waals surface area contributed by atoms with Crippen LogP contribution in [0.3, 0.4) is 0 Å². The predicted octanol–water partition coefficient (Wildman–Crippen LogP) is 7.76. The van der Waals surface area contributed by atoms with E-state index < -0.39 is 0 Å². The molecule has 1 saturated carbocycles. The Bertz CT molecular complexity index is 701. The molecule has 0 nitrogen and oxygen atoms in total.